The number of carbonyl (C=O) groups is 1. The Morgan fingerprint density at radius 3 is 2.45 bits per heavy atom. The summed E-state index contributed by atoms with van der Waals surface area (Å²) in [5, 5.41) is 0. The van der Waals surface area contributed by atoms with E-state index in [1.165, 1.54) is 11.1 Å². The Balaban J connectivity index is 2.45. The number of hydrogen-bond donors (Lipinski definition) is 0. The lowest BCUT2D eigenvalue weighted by molar-refractivity contribution is -0.117. The number of hydrogen-bond acceptors (Lipinski definition) is 1. The van der Waals surface area contributed by atoms with Crippen LogP contribution in [-0.2, 0) is 4.79 Å². The van der Waals surface area contributed by atoms with Crippen LogP contribution in [0.5, 0.6) is 0 Å². The van der Waals surface area contributed by atoms with Crippen molar-refractivity contribution in [2.24, 2.45) is 11.8 Å². The minimum Gasteiger partial charge on any atom is -0.300 e. The number of allylic oxidation sites excluding steroid dienone is 2. The predicted molar refractivity (Wildman–Crippen MR) is 97.7 cm³/mol. The quantitative estimate of drug-likeness (QED) is 0.534. The van der Waals surface area contributed by atoms with E-state index in [4.69, 9.17) is 0 Å². The van der Waals surface area contributed by atoms with Gasteiger partial charge in [-0.2, -0.15) is 0 Å². The predicted octanol–water partition coefficient (Wildman–Crippen LogP) is 6.15. The fourth-order valence-corrected chi connectivity index (χ4v) is 2.32. The minimum absolute atomic E-state index is 0.300. The van der Waals surface area contributed by atoms with Gasteiger partial charge in [0.15, 0.2) is 0 Å². The molecule has 0 aliphatic rings. The fraction of sp³-hybridized carbons (Fsp3) is 0.476. The lowest BCUT2D eigenvalue weighted by Gasteiger charge is -2.07. The summed E-state index contributed by atoms with van der Waals surface area (Å²) in [6.07, 6.45) is 12.8. The lowest BCUT2D eigenvalue weighted by atomic mass is 9.99. The topological polar surface area (TPSA) is 17.1 Å². The third-order valence-corrected chi connectivity index (χ3v) is 3.66. The Bertz CT molecular complexity index is 508. The van der Waals surface area contributed by atoms with Crippen molar-refractivity contribution in [1.82, 2.24) is 0 Å². The molecule has 0 saturated carbocycles. The molecule has 0 unspecified atom stereocenters. The summed E-state index contributed by atoms with van der Waals surface area (Å²) in [7, 11) is 0. The molecule has 0 N–H and O–H groups in total. The number of rotatable bonds is 9. The second-order valence-electron chi connectivity index (χ2n) is 6.61. The molecule has 0 aliphatic heterocycles. The van der Waals surface area contributed by atoms with Gasteiger partial charge in [-0.05, 0) is 55.2 Å². The zero-order valence-corrected chi connectivity index (χ0v) is 14.5. The van der Waals surface area contributed by atoms with E-state index in [0.29, 0.717) is 17.6 Å². The van der Waals surface area contributed by atoms with Crippen molar-refractivity contribution in [3.8, 4) is 0 Å². The van der Waals surface area contributed by atoms with Gasteiger partial charge in [-0.15, -0.1) is 0 Å². The monoisotopic (exact) mass is 298 g/mol. The molecular formula is C21H30O. The maximum Gasteiger partial charge on any atom is 0.129 e. The Morgan fingerprint density at radius 2 is 1.82 bits per heavy atom. The largest absolute Gasteiger partial charge is 0.300 e. The van der Waals surface area contributed by atoms with Crippen LogP contribution in [0.15, 0.2) is 36.4 Å². The highest BCUT2D eigenvalue weighted by atomic mass is 16.1. The van der Waals surface area contributed by atoms with Gasteiger partial charge in [-0.25, -0.2) is 0 Å². The molecule has 0 amide bonds. The molecule has 0 saturated heterocycles. The molecule has 1 nitrogen and oxygen atoms in total. The van der Waals surface area contributed by atoms with Crippen molar-refractivity contribution in [3.05, 3.63) is 47.5 Å². The van der Waals surface area contributed by atoms with Crippen LogP contribution in [0.25, 0.3) is 12.2 Å². The average Bonchev–Trinajstić information content (AvgIpc) is 2.45. The van der Waals surface area contributed by atoms with Crippen molar-refractivity contribution in [2.45, 2.75) is 53.4 Å². The van der Waals surface area contributed by atoms with Gasteiger partial charge in [0.2, 0.25) is 0 Å². The van der Waals surface area contributed by atoms with Crippen LogP contribution in [0.2, 0.25) is 0 Å². The summed E-state index contributed by atoms with van der Waals surface area (Å²) in [4.78, 5) is 10.9. The first-order chi connectivity index (χ1) is 10.5. The highest BCUT2D eigenvalue weighted by molar-refractivity contribution is 5.75. The highest BCUT2D eigenvalue weighted by Crippen LogP contribution is 2.15. The molecule has 120 valence electrons. The van der Waals surface area contributed by atoms with Crippen LogP contribution in [-0.4, -0.2) is 5.78 Å². The summed E-state index contributed by atoms with van der Waals surface area (Å²) in [6, 6.07) is 8.61. The van der Waals surface area contributed by atoms with E-state index in [0.717, 1.165) is 25.7 Å². The van der Waals surface area contributed by atoms with Crippen LogP contribution in [0.3, 0.4) is 0 Å². The second kappa shape index (κ2) is 10.2. The van der Waals surface area contributed by atoms with E-state index in [2.05, 4.69) is 69.3 Å². The van der Waals surface area contributed by atoms with Gasteiger partial charge in [0.25, 0.3) is 0 Å². The van der Waals surface area contributed by atoms with E-state index in [1.54, 1.807) is 6.92 Å². The lowest BCUT2D eigenvalue weighted by Crippen LogP contribution is -1.96. The zero-order valence-electron chi connectivity index (χ0n) is 14.5. The van der Waals surface area contributed by atoms with Gasteiger partial charge in [-0.3, -0.25) is 0 Å². The molecule has 0 aliphatic carbocycles. The zero-order chi connectivity index (χ0) is 16.4. The van der Waals surface area contributed by atoms with Gasteiger partial charge >= 0.3 is 0 Å². The van der Waals surface area contributed by atoms with E-state index < -0.39 is 0 Å². The highest BCUT2D eigenvalue weighted by Gasteiger charge is 2.01. The maximum atomic E-state index is 10.9. The first-order valence-electron chi connectivity index (χ1n) is 8.41. The smallest absolute Gasteiger partial charge is 0.129 e. The Kier molecular flexibility index (Phi) is 8.50. The summed E-state index contributed by atoms with van der Waals surface area (Å²) in [5.74, 6) is 1.52. The molecule has 0 heterocycles. The third-order valence-electron chi connectivity index (χ3n) is 3.66. The summed E-state index contributed by atoms with van der Waals surface area (Å²) >= 11 is 0. The molecule has 1 aromatic carbocycles. The van der Waals surface area contributed by atoms with Gasteiger partial charge < -0.3 is 4.79 Å². The van der Waals surface area contributed by atoms with Crippen molar-refractivity contribution < 1.29 is 4.79 Å². The Hall–Kier alpha value is -1.63. The van der Waals surface area contributed by atoms with E-state index in [-0.39, 0.29) is 0 Å². The normalized spacial score (nSPS) is 13.3. The third kappa shape index (κ3) is 8.61. The number of carbonyl (C=O) groups excluding carboxylic acids is 1. The van der Waals surface area contributed by atoms with Crippen LogP contribution in [0, 0.1) is 11.8 Å². The fourth-order valence-electron chi connectivity index (χ4n) is 2.32. The second-order valence-corrected chi connectivity index (χ2v) is 6.61. The van der Waals surface area contributed by atoms with Crippen LogP contribution >= 0.6 is 0 Å². The molecule has 1 heteroatoms. The van der Waals surface area contributed by atoms with Crippen LogP contribution < -0.4 is 0 Å². The molecule has 1 atom stereocenters. The SMILES string of the molecule is CC(=O)CCC[C@H](C)C/C=C/c1cccc(/C=C/C(C)C)c1. The van der Waals surface area contributed by atoms with E-state index in [1.807, 2.05) is 0 Å². The Labute approximate surface area is 136 Å². The van der Waals surface area contributed by atoms with E-state index >= 15 is 0 Å². The van der Waals surface area contributed by atoms with Gasteiger partial charge in [0, 0.05) is 6.42 Å². The molecule has 0 aromatic heterocycles. The molecule has 0 radical (unpaired) electrons. The number of ketones is 1. The van der Waals surface area contributed by atoms with Gasteiger partial charge in [-0.1, -0.05) is 63.3 Å². The summed E-state index contributed by atoms with van der Waals surface area (Å²) in [6.45, 7) is 8.30. The summed E-state index contributed by atoms with van der Waals surface area (Å²) in [5.41, 5.74) is 2.51. The van der Waals surface area contributed by atoms with Crippen molar-refractivity contribution in [3.63, 3.8) is 0 Å². The standard InChI is InChI=1S/C21H30O/c1-17(2)14-15-21-13-7-12-20(16-21)11-6-9-18(3)8-5-10-19(4)22/h6-7,11-18H,5,8-10H2,1-4H3/b11-6+,15-14+/t18-/m0/s1. The molecule has 0 bridgehead atoms. The molecular weight excluding hydrogens is 268 g/mol. The van der Waals surface area contributed by atoms with Gasteiger partial charge in [0.05, 0.1) is 0 Å². The van der Waals surface area contributed by atoms with Crippen molar-refractivity contribution in [2.75, 3.05) is 0 Å². The van der Waals surface area contributed by atoms with Crippen molar-refractivity contribution in [1.29, 1.82) is 0 Å². The average molecular weight is 298 g/mol. The Morgan fingerprint density at radius 1 is 1.14 bits per heavy atom. The number of benzene rings is 1. The number of Topliss-reactive ketones (excluding diaryl/α,β-unsaturated/α-hetero) is 1. The maximum absolute atomic E-state index is 10.9. The molecule has 0 fully saturated rings. The van der Waals surface area contributed by atoms with Gasteiger partial charge in [0.1, 0.15) is 5.78 Å². The van der Waals surface area contributed by atoms with E-state index in [9.17, 15) is 4.79 Å². The van der Waals surface area contributed by atoms with Crippen LogP contribution in [0.1, 0.15) is 64.5 Å². The van der Waals surface area contributed by atoms with Crippen LogP contribution in [0.4, 0.5) is 0 Å². The first-order valence-corrected chi connectivity index (χ1v) is 8.41. The van der Waals surface area contributed by atoms with Crippen molar-refractivity contribution >= 4 is 17.9 Å². The molecule has 0 spiro atoms. The molecule has 22 heavy (non-hydrogen) atoms. The molecule has 1 rings (SSSR count). The molecule has 1 aromatic rings. The summed E-state index contributed by atoms with van der Waals surface area (Å²) < 4.78 is 0. The minimum atomic E-state index is 0.300. The first kappa shape index (κ1) is 18.4.